The third kappa shape index (κ3) is 4.63. The molecule has 0 bridgehead atoms. The van der Waals surface area contributed by atoms with Gasteiger partial charge in [0, 0.05) is 25.6 Å². The van der Waals surface area contributed by atoms with E-state index in [0.717, 1.165) is 0 Å². The molecule has 0 unspecified atom stereocenters. The fourth-order valence-corrected chi connectivity index (χ4v) is 3.22. The molecule has 1 fully saturated rings. The summed E-state index contributed by atoms with van der Waals surface area (Å²) in [6, 6.07) is 0. The highest BCUT2D eigenvalue weighted by Crippen LogP contribution is 2.47. The molecule has 5 atom stereocenters. The molecule has 0 saturated heterocycles. The van der Waals surface area contributed by atoms with E-state index in [9.17, 15) is 20.4 Å². The number of rotatable bonds is 7. The highest BCUT2D eigenvalue weighted by atomic mass is 16.7. The van der Waals surface area contributed by atoms with E-state index < -0.39 is 34.9 Å². The average Bonchev–Trinajstić information content (AvgIpc) is 2.43. The number of hydrogen-bond acceptors (Lipinski definition) is 7. The third-order valence-corrected chi connectivity index (χ3v) is 4.53. The largest absolute Gasteiger partial charge is 0.396 e. The van der Waals surface area contributed by atoms with Gasteiger partial charge in [0.25, 0.3) is 0 Å². The number of ether oxygens (including phenoxy) is 3. The standard InChI is InChI=1S/C16H32O7/c1-14(2,3)23-12-8-11(18)16(20,9-22-10-21-5)13(19)15(12,4)6-7-17/h11-13,17-20H,6-10H2,1-5H3/t11-,12-,13+,15+,16-/m0/s1. The lowest BCUT2D eigenvalue weighted by Crippen LogP contribution is -2.69. The molecule has 23 heavy (non-hydrogen) atoms. The molecule has 7 heteroatoms. The monoisotopic (exact) mass is 336 g/mol. The number of methoxy groups -OCH3 is 1. The van der Waals surface area contributed by atoms with Gasteiger partial charge in [0.2, 0.25) is 0 Å². The van der Waals surface area contributed by atoms with Gasteiger partial charge in [0.1, 0.15) is 12.4 Å². The zero-order chi connectivity index (χ0) is 17.9. The predicted octanol–water partition coefficient (Wildman–Crippen LogP) is 0.0359. The molecule has 1 aliphatic rings. The summed E-state index contributed by atoms with van der Waals surface area (Å²) in [7, 11) is 1.45. The van der Waals surface area contributed by atoms with Crippen molar-refractivity contribution in [2.75, 3.05) is 27.1 Å². The number of aliphatic hydroxyl groups is 4. The van der Waals surface area contributed by atoms with Crippen molar-refractivity contribution in [1.82, 2.24) is 0 Å². The summed E-state index contributed by atoms with van der Waals surface area (Å²) in [5.41, 5.74) is -3.25. The fraction of sp³-hybridized carbons (Fsp3) is 1.00. The molecule has 0 heterocycles. The first-order valence-corrected chi connectivity index (χ1v) is 7.95. The first kappa shape index (κ1) is 20.8. The Morgan fingerprint density at radius 1 is 1.22 bits per heavy atom. The summed E-state index contributed by atoms with van der Waals surface area (Å²) in [5.74, 6) is 0. The van der Waals surface area contributed by atoms with Gasteiger partial charge in [-0.1, -0.05) is 6.92 Å². The molecule has 138 valence electrons. The van der Waals surface area contributed by atoms with Gasteiger partial charge in [-0.15, -0.1) is 0 Å². The van der Waals surface area contributed by atoms with E-state index in [1.165, 1.54) is 7.11 Å². The van der Waals surface area contributed by atoms with E-state index in [1.54, 1.807) is 6.92 Å². The maximum Gasteiger partial charge on any atom is 0.146 e. The summed E-state index contributed by atoms with van der Waals surface area (Å²) in [6.45, 7) is 6.90. The van der Waals surface area contributed by atoms with Gasteiger partial charge in [-0.2, -0.15) is 0 Å². The Labute approximate surface area is 138 Å². The highest BCUT2D eigenvalue weighted by Gasteiger charge is 2.60. The van der Waals surface area contributed by atoms with Crippen molar-refractivity contribution in [3.63, 3.8) is 0 Å². The van der Waals surface area contributed by atoms with Crippen LogP contribution in [0.5, 0.6) is 0 Å². The minimum atomic E-state index is -1.85. The zero-order valence-electron chi connectivity index (χ0n) is 14.8. The third-order valence-electron chi connectivity index (χ3n) is 4.53. The molecule has 0 amide bonds. The van der Waals surface area contributed by atoms with Crippen LogP contribution >= 0.6 is 0 Å². The van der Waals surface area contributed by atoms with Crippen LogP contribution in [0.3, 0.4) is 0 Å². The molecule has 0 aromatic heterocycles. The summed E-state index contributed by atoms with van der Waals surface area (Å²) >= 11 is 0. The van der Waals surface area contributed by atoms with Gasteiger partial charge < -0.3 is 34.6 Å². The van der Waals surface area contributed by atoms with Crippen molar-refractivity contribution in [2.45, 2.75) is 70.1 Å². The minimum Gasteiger partial charge on any atom is -0.396 e. The molecule has 0 radical (unpaired) electrons. The van der Waals surface area contributed by atoms with Crippen molar-refractivity contribution in [3.8, 4) is 0 Å². The van der Waals surface area contributed by atoms with E-state index in [1.807, 2.05) is 20.8 Å². The Balaban J connectivity index is 3.06. The summed E-state index contributed by atoms with van der Waals surface area (Å²) < 4.78 is 16.0. The van der Waals surface area contributed by atoms with Crippen LogP contribution in [0, 0.1) is 5.41 Å². The average molecular weight is 336 g/mol. The lowest BCUT2D eigenvalue weighted by atomic mass is 9.61. The fourth-order valence-electron chi connectivity index (χ4n) is 3.22. The van der Waals surface area contributed by atoms with Crippen LogP contribution in [0.1, 0.15) is 40.5 Å². The minimum absolute atomic E-state index is 0.0552. The van der Waals surface area contributed by atoms with E-state index in [4.69, 9.17) is 14.2 Å². The molecule has 1 rings (SSSR count). The summed E-state index contributed by atoms with van der Waals surface area (Å²) in [5, 5.41) is 41.4. The van der Waals surface area contributed by atoms with Crippen LogP contribution < -0.4 is 0 Å². The van der Waals surface area contributed by atoms with E-state index in [0.29, 0.717) is 0 Å². The van der Waals surface area contributed by atoms with Crippen LogP contribution in [0.2, 0.25) is 0 Å². The zero-order valence-corrected chi connectivity index (χ0v) is 14.8. The van der Waals surface area contributed by atoms with Crippen LogP contribution in [-0.2, 0) is 14.2 Å². The summed E-state index contributed by atoms with van der Waals surface area (Å²) in [6.07, 6.45) is -2.68. The molecule has 1 aliphatic carbocycles. The lowest BCUT2D eigenvalue weighted by Gasteiger charge is -2.55. The second kappa shape index (κ2) is 7.74. The Kier molecular flexibility index (Phi) is 6.98. The van der Waals surface area contributed by atoms with E-state index in [2.05, 4.69) is 0 Å². The predicted molar refractivity (Wildman–Crippen MR) is 83.8 cm³/mol. The van der Waals surface area contributed by atoms with Gasteiger partial charge in [-0.3, -0.25) is 0 Å². The molecule has 0 aromatic rings. The molecular weight excluding hydrogens is 304 g/mol. The molecule has 0 spiro atoms. The molecule has 4 N–H and O–H groups in total. The number of hydrogen-bond donors (Lipinski definition) is 4. The molecule has 0 aliphatic heterocycles. The van der Waals surface area contributed by atoms with Crippen molar-refractivity contribution in [1.29, 1.82) is 0 Å². The van der Waals surface area contributed by atoms with Crippen LogP contribution in [0.15, 0.2) is 0 Å². The first-order chi connectivity index (χ1) is 10.5. The van der Waals surface area contributed by atoms with E-state index >= 15 is 0 Å². The smallest absolute Gasteiger partial charge is 0.146 e. The van der Waals surface area contributed by atoms with E-state index in [-0.39, 0.29) is 32.8 Å². The Hall–Kier alpha value is -0.280. The van der Waals surface area contributed by atoms with Gasteiger partial charge in [0.05, 0.1) is 30.5 Å². The Morgan fingerprint density at radius 2 is 1.83 bits per heavy atom. The number of aliphatic hydroxyl groups excluding tert-OH is 3. The topological polar surface area (TPSA) is 109 Å². The van der Waals surface area contributed by atoms with Gasteiger partial charge in [-0.05, 0) is 27.2 Å². The Bertz CT molecular complexity index is 370. The lowest BCUT2D eigenvalue weighted by molar-refractivity contribution is -0.282. The maximum absolute atomic E-state index is 10.8. The normalized spacial score (nSPS) is 38.7. The van der Waals surface area contributed by atoms with Crippen molar-refractivity contribution >= 4 is 0 Å². The molecule has 7 nitrogen and oxygen atoms in total. The Morgan fingerprint density at radius 3 is 2.30 bits per heavy atom. The van der Waals surface area contributed by atoms with Crippen molar-refractivity contribution < 1.29 is 34.6 Å². The molecule has 0 aromatic carbocycles. The van der Waals surface area contributed by atoms with Crippen molar-refractivity contribution in [3.05, 3.63) is 0 Å². The SMILES string of the molecule is COCOC[C@@]1(O)[C@H](O)[C@](C)(CCO)[C@@H](OC(C)(C)C)C[C@@H]1O. The summed E-state index contributed by atoms with van der Waals surface area (Å²) in [4.78, 5) is 0. The van der Waals surface area contributed by atoms with Crippen molar-refractivity contribution in [2.24, 2.45) is 5.41 Å². The maximum atomic E-state index is 10.8. The van der Waals surface area contributed by atoms with Crippen LogP contribution in [-0.4, -0.2) is 77.1 Å². The van der Waals surface area contributed by atoms with Gasteiger partial charge in [-0.25, -0.2) is 0 Å². The van der Waals surface area contributed by atoms with Crippen LogP contribution in [0.25, 0.3) is 0 Å². The second-order valence-corrected chi connectivity index (χ2v) is 7.60. The molecular formula is C16H32O7. The molecule has 1 saturated carbocycles. The second-order valence-electron chi connectivity index (χ2n) is 7.60. The van der Waals surface area contributed by atoms with Crippen LogP contribution in [0.4, 0.5) is 0 Å². The van der Waals surface area contributed by atoms with Gasteiger partial charge >= 0.3 is 0 Å². The highest BCUT2D eigenvalue weighted by molar-refractivity contribution is 5.10. The van der Waals surface area contributed by atoms with Gasteiger partial charge in [0.15, 0.2) is 0 Å². The quantitative estimate of drug-likeness (QED) is 0.384. The first-order valence-electron chi connectivity index (χ1n) is 7.95.